The standard InChI is InChI=1S/C15H12N2O5/c18-12(19)8-9-3-5-10(6-4-9)17-14(20)11-2-1-7-16-13(11)15(21)22/h1-7H,8H2,(H,17,20)(H,18,19)(H,21,22). The molecule has 7 heteroatoms. The van der Waals surface area contributed by atoms with Gasteiger partial charge in [0.15, 0.2) is 5.69 Å². The summed E-state index contributed by atoms with van der Waals surface area (Å²) in [5, 5.41) is 20.2. The molecule has 1 amide bonds. The molecule has 0 aliphatic rings. The number of aromatic carboxylic acids is 1. The van der Waals surface area contributed by atoms with E-state index in [2.05, 4.69) is 10.3 Å². The summed E-state index contributed by atoms with van der Waals surface area (Å²) in [5.74, 6) is -2.84. The number of aromatic nitrogens is 1. The van der Waals surface area contributed by atoms with E-state index in [4.69, 9.17) is 10.2 Å². The highest BCUT2D eigenvalue weighted by Gasteiger charge is 2.17. The number of nitrogens with one attached hydrogen (secondary N) is 1. The van der Waals surface area contributed by atoms with Gasteiger partial charge < -0.3 is 15.5 Å². The Labute approximate surface area is 125 Å². The third-order valence-electron chi connectivity index (χ3n) is 2.82. The van der Waals surface area contributed by atoms with Gasteiger partial charge in [0.05, 0.1) is 12.0 Å². The summed E-state index contributed by atoms with van der Waals surface area (Å²) in [7, 11) is 0. The number of hydrogen-bond donors (Lipinski definition) is 3. The van der Waals surface area contributed by atoms with E-state index >= 15 is 0 Å². The second kappa shape index (κ2) is 6.49. The molecule has 0 aliphatic heterocycles. The normalized spacial score (nSPS) is 10.0. The number of amides is 1. The molecule has 0 aliphatic carbocycles. The van der Waals surface area contributed by atoms with Gasteiger partial charge in [0.25, 0.3) is 5.91 Å². The number of benzene rings is 1. The number of pyridine rings is 1. The second-order valence-corrected chi connectivity index (χ2v) is 4.43. The van der Waals surface area contributed by atoms with Crippen LogP contribution in [0, 0.1) is 0 Å². The van der Waals surface area contributed by atoms with Crippen molar-refractivity contribution in [1.82, 2.24) is 4.98 Å². The van der Waals surface area contributed by atoms with Gasteiger partial charge in [0.1, 0.15) is 0 Å². The number of nitrogens with zero attached hydrogens (tertiary/aromatic N) is 1. The molecule has 0 fully saturated rings. The highest BCUT2D eigenvalue weighted by Crippen LogP contribution is 2.13. The topological polar surface area (TPSA) is 117 Å². The van der Waals surface area contributed by atoms with Crippen molar-refractivity contribution >= 4 is 23.5 Å². The van der Waals surface area contributed by atoms with Crippen LogP contribution in [0.5, 0.6) is 0 Å². The molecule has 22 heavy (non-hydrogen) atoms. The van der Waals surface area contributed by atoms with E-state index in [1.54, 1.807) is 24.3 Å². The Kier molecular flexibility index (Phi) is 4.47. The van der Waals surface area contributed by atoms with Crippen LogP contribution in [0.2, 0.25) is 0 Å². The number of hydrogen-bond acceptors (Lipinski definition) is 4. The van der Waals surface area contributed by atoms with Gasteiger partial charge in [-0.25, -0.2) is 9.78 Å². The highest BCUT2D eigenvalue weighted by molar-refractivity contribution is 6.09. The van der Waals surface area contributed by atoms with Gasteiger partial charge in [0, 0.05) is 11.9 Å². The number of carboxylic acids is 2. The monoisotopic (exact) mass is 300 g/mol. The molecule has 0 saturated carbocycles. The summed E-state index contributed by atoms with van der Waals surface area (Å²) in [5.41, 5.74) is 0.643. The van der Waals surface area contributed by atoms with E-state index in [1.165, 1.54) is 18.3 Å². The van der Waals surface area contributed by atoms with Gasteiger partial charge in [-0.05, 0) is 29.8 Å². The molecule has 7 nitrogen and oxygen atoms in total. The van der Waals surface area contributed by atoms with Gasteiger partial charge in [-0.1, -0.05) is 12.1 Å². The molecule has 1 heterocycles. The molecule has 0 spiro atoms. The molecule has 2 aromatic rings. The van der Waals surface area contributed by atoms with Crippen molar-refractivity contribution in [2.24, 2.45) is 0 Å². The minimum Gasteiger partial charge on any atom is -0.481 e. The van der Waals surface area contributed by atoms with Gasteiger partial charge in [-0.15, -0.1) is 0 Å². The van der Waals surface area contributed by atoms with Crippen LogP contribution >= 0.6 is 0 Å². The molecule has 1 aromatic heterocycles. The van der Waals surface area contributed by atoms with Crippen LogP contribution in [0.25, 0.3) is 0 Å². The Morgan fingerprint density at radius 1 is 1.05 bits per heavy atom. The van der Waals surface area contributed by atoms with Gasteiger partial charge >= 0.3 is 11.9 Å². The van der Waals surface area contributed by atoms with Crippen molar-refractivity contribution in [1.29, 1.82) is 0 Å². The van der Waals surface area contributed by atoms with E-state index in [0.29, 0.717) is 11.3 Å². The fourth-order valence-electron chi connectivity index (χ4n) is 1.84. The lowest BCUT2D eigenvalue weighted by molar-refractivity contribution is -0.136. The maximum absolute atomic E-state index is 12.1. The summed E-state index contributed by atoms with van der Waals surface area (Å²) in [6.07, 6.45) is 1.18. The largest absolute Gasteiger partial charge is 0.481 e. The highest BCUT2D eigenvalue weighted by atomic mass is 16.4. The van der Waals surface area contributed by atoms with Crippen molar-refractivity contribution < 1.29 is 24.6 Å². The zero-order valence-electron chi connectivity index (χ0n) is 11.3. The average Bonchev–Trinajstić information content (AvgIpc) is 2.48. The molecule has 0 unspecified atom stereocenters. The zero-order chi connectivity index (χ0) is 16.1. The van der Waals surface area contributed by atoms with E-state index in [9.17, 15) is 14.4 Å². The summed E-state index contributed by atoms with van der Waals surface area (Å²) in [4.78, 5) is 37.4. The fraction of sp³-hybridized carbons (Fsp3) is 0.0667. The predicted octanol–water partition coefficient (Wildman–Crippen LogP) is 1.66. The van der Waals surface area contributed by atoms with Gasteiger partial charge in [-0.2, -0.15) is 0 Å². The van der Waals surface area contributed by atoms with E-state index in [0.717, 1.165) is 0 Å². The van der Waals surface area contributed by atoms with Crippen molar-refractivity contribution in [3.63, 3.8) is 0 Å². The Morgan fingerprint density at radius 3 is 2.32 bits per heavy atom. The summed E-state index contributed by atoms with van der Waals surface area (Å²) in [6, 6.07) is 9.08. The van der Waals surface area contributed by atoms with E-state index in [1.807, 2.05) is 0 Å². The number of carboxylic acid groups (broad SMARTS) is 2. The van der Waals surface area contributed by atoms with Crippen LogP contribution in [0.4, 0.5) is 5.69 Å². The number of aliphatic carboxylic acids is 1. The number of anilines is 1. The molecule has 1 aromatic carbocycles. The Morgan fingerprint density at radius 2 is 1.73 bits per heavy atom. The number of carbonyl (C=O) groups excluding carboxylic acids is 1. The summed E-state index contributed by atoms with van der Waals surface area (Å²) in [6.45, 7) is 0. The minimum absolute atomic E-state index is 0.0513. The van der Waals surface area contributed by atoms with Crippen LogP contribution in [-0.4, -0.2) is 33.0 Å². The summed E-state index contributed by atoms with van der Waals surface area (Å²) < 4.78 is 0. The average molecular weight is 300 g/mol. The molecule has 0 radical (unpaired) electrons. The Hall–Kier alpha value is -3.22. The van der Waals surface area contributed by atoms with Crippen molar-refractivity contribution in [3.05, 3.63) is 59.4 Å². The van der Waals surface area contributed by atoms with Crippen LogP contribution in [-0.2, 0) is 11.2 Å². The van der Waals surface area contributed by atoms with Crippen LogP contribution in [0.1, 0.15) is 26.4 Å². The molecule has 3 N–H and O–H groups in total. The zero-order valence-corrected chi connectivity index (χ0v) is 11.3. The molecule has 0 saturated heterocycles. The van der Waals surface area contributed by atoms with E-state index in [-0.39, 0.29) is 17.7 Å². The maximum Gasteiger partial charge on any atom is 0.355 e. The van der Waals surface area contributed by atoms with Crippen molar-refractivity contribution in [2.75, 3.05) is 5.32 Å². The fourth-order valence-corrected chi connectivity index (χ4v) is 1.84. The van der Waals surface area contributed by atoms with Gasteiger partial charge in [-0.3, -0.25) is 9.59 Å². The quantitative estimate of drug-likeness (QED) is 0.773. The third kappa shape index (κ3) is 3.66. The molecule has 112 valence electrons. The van der Waals surface area contributed by atoms with Crippen molar-refractivity contribution in [2.45, 2.75) is 6.42 Å². The second-order valence-electron chi connectivity index (χ2n) is 4.43. The number of rotatable bonds is 5. The summed E-state index contributed by atoms with van der Waals surface area (Å²) >= 11 is 0. The Balaban J connectivity index is 2.15. The van der Waals surface area contributed by atoms with E-state index < -0.39 is 17.8 Å². The van der Waals surface area contributed by atoms with Crippen LogP contribution in [0.3, 0.4) is 0 Å². The molecule has 0 bridgehead atoms. The SMILES string of the molecule is O=C(O)Cc1ccc(NC(=O)c2cccnc2C(=O)O)cc1. The lowest BCUT2D eigenvalue weighted by Gasteiger charge is -2.07. The molecule has 0 atom stereocenters. The van der Waals surface area contributed by atoms with Crippen LogP contribution < -0.4 is 5.32 Å². The molecular weight excluding hydrogens is 288 g/mol. The Bertz CT molecular complexity index is 725. The molecule has 2 rings (SSSR count). The smallest absolute Gasteiger partial charge is 0.355 e. The lowest BCUT2D eigenvalue weighted by Crippen LogP contribution is -2.17. The van der Waals surface area contributed by atoms with Crippen LogP contribution in [0.15, 0.2) is 42.6 Å². The first-order valence-corrected chi connectivity index (χ1v) is 6.28. The van der Waals surface area contributed by atoms with Crippen molar-refractivity contribution in [3.8, 4) is 0 Å². The van der Waals surface area contributed by atoms with Gasteiger partial charge in [0.2, 0.25) is 0 Å². The first-order chi connectivity index (χ1) is 10.5. The third-order valence-corrected chi connectivity index (χ3v) is 2.82. The minimum atomic E-state index is -1.29. The first kappa shape index (κ1) is 15.2. The molecular formula is C15H12N2O5. The number of carbonyl (C=O) groups is 3. The predicted molar refractivity (Wildman–Crippen MR) is 76.9 cm³/mol. The first-order valence-electron chi connectivity index (χ1n) is 6.28. The maximum atomic E-state index is 12.1. The lowest BCUT2D eigenvalue weighted by atomic mass is 10.1.